The minimum absolute atomic E-state index is 0.0339. The molecule has 48 nitrogen and oxygen atoms in total. The van der Waals surface area contributed by atoms with Gasteiger partial charge in [-0.25, -0.2) is 62.3 Å². The molecule has 1 aromatic rings. The predicted molar refractivity (Wildman–Crippen MR) is 487 cm³/mol. The predicted octanol–water partition coefficient (Wildman–Crippen LogP) is 7.57. The number of carbonyl (C=O) groups is 24. The highest BCUT2D eigenvalue weighted by molar-refractivity contribution is 8.14. The molecule has 1 aliphatic carbocycles. The fourth-order valence-corrected chi connectivity index (χ4v) is 12.5. The molecule has 2 rings (SSSR count). The quantitative estimate of drug-likeness (QED) is 0.0208. The second kappa shape index (κ2) is 79.8. The van der Waals surface area contributed by atoms with E-state index in [9.17, 15) is 115 Å². The third kappa shape index (κ3) is 73.9. The molecule has 0 bridgehead atoms. The average molecular weight is 2060 g/mol. The lowest BCUT2D eigenvalue weighted by molar-refractivity contribution is -0.161. The van der Waals surface area contributed by atoms with Gasteiger partial charge in [-0.15, -0.1) is 0 Å². The van der Waals surface area contributed by atoms with E-state index < -0.39 is 215 Å². The van der Waals surface area contributed by atoms with Crippen LogP contribution in [0.25, 0.3) is 0 Å². The first-order chi connectivity index (χ1) is 64.0. The zero-order valence-electron chi connectivity index (χ0n) is 79.1. The molecule has 6 N–H and O–H groups in total. The van der Waals surface area contributed by atoms with Crippen molar-refractivity contribution in [1.82, 2.24) is 31.9 Å². The van der Waals surface area contributed by atoms with Gasteiger partial charge in [-0.2, -0.15) is 0 Å². The Hall–Kier alpha value is -11.4. The summed E-state index contributed by atoms with van der Waals surface area (Å²) in [5.74, 6) is -10.1. The van der Waals surface area contributed by atoms with Crippen molar-refractivity contribution in [3.05, 3.63) is 35.9 Å². The van der Waals surface area contributed by atoms with Crippen molar-refractivity contribution >= 4 is 209 Å². The molecule has 6 atom stereocenters. The number of amides is 6. The summed E-state index contributed by atoms with van der Waals surface area (Å²) in [6, 6.07) is 2.52. The van der Waals surface area contributed by atoms with Crippen LogP contribution in [0, 0.1) is 17.3 Å². The Morgan fingerprint density at radius 3 is 0.801 bits per heavy atom. The van der Waals surface area contributed by atoms with E-state index in [-0.39, 0.29) is 98.4 Å². The highest BCUT2D eigenvalue weighted by atomic mass is 32.2. The molecule has 0 heterocycles. The zero-order valence-corrected chi connectivity index (χ0v) is 84.0. The fraction of sp³-hybridized carbons (Fsp3) is 0.634. The molecule has 54 heteroatoms. The van der Waals surface area contributed by atoms with E-state index in [0.29, 0.717) is 76.1 Å². The molecular formula is C82H124N6O42S6. The molecule has 0 radical (unpaired) electrons. The molecule has 1 aliphatic rings. The first-order valence-corrected chi connectivity index (χ1v) is 47.3. The number of hydrogen-bond donors (Lipinski definition) is 6. The number of nitrogens with one attached hydrogen (secondary N) is 6. The van der Waals surface area contributed by atoms with Gasteiger partial charge in [0.2, 0.25) is 76.2 Å². The molecule has 0 aromatic heterocycles. The smallest absolute Gasteiger partial charge is 0.370 e. The number of rotatable bonds is 46. The highest BCUT2D eigenvalue weighted by Gasteiger charge is 2.31. The van der Waals surface area contributed by atoms with Crippen molar-refractivity contribution in [2.45, 2.75) is 206 Å². The first kappa shape index (κ1) is 131. The average Bonchev–Trinajstić information content (AvgIpc) is 0.937. The van der Waals surface area contributed by atoms with Crippen LogP contribution in [0.15, 0.2) is 30.3 Å². The summed E-state index contributed by atoms with van der Waals surface area (Å²) in [5, 5.41) is 9.95. The molecule has 1 fully saturated rings. The third-order valence-electron chi connectivity index (χ3n) is 14.5. The van der Waals surface area contributed by atoms with Crippen molar-refractivity contribution < 1.29 is 200 Å². The summed E-state index contributed by atoms with van der Waals surface area (Å²) < 4.78 is 85.1. The standard InChI is InChI=1S/C16H25NO7S.C16H19NO7S.C14H23NO7S.C13H21NO7S.C12H19NO7S.C11H17NO7S/c2*1-3-22-15(20)13(17-11(2)18)9-25-16(21)24-10-23-14(19)12-7-5-4-6-8-12;1-6-20-11(17)10(15-9(2)16)7-23-13(19)22-8-21-12(18)14(3,4)5;1-5-19-12(17)10(14-9(4)15)6-22-13(18)21-7-20-11(16)8(2)3;1-4-10(15)19-7-20-12(17)21-6-9(13-8(3)14)11(16)18-5-2;1-4-17-10(15)9(12-7(2)13)5-20-11(16)19-6-18-8(3)14/h12-13H,3-10H2,1-2H3,(H,17,18);4-8,13H,3,9-10H2,1-2H3,(H,17,18);10H,6-8H2,1-5H3,(H,15,16);8,10H,5-7H2,1-4H3,(H,14,15);9H,4-7H2,1-3H3,(H,13,14);9H,4-6H2,1-3H3,(H,12,13)/t2*13-;2*10-;2*9-/m000000/s1. The molecule has 770 valence electrons. The number of benzene rings is 1. The lowest BCUT2D eigenvalue weighted by Gasteiger charge is -2.19. The molecule has 1 saturated carbocycles. The molecular weight excluding hydrogens is 1930 g/mol. The summed E-state index contributed by atoms with van der Waals surface area (Å²) in [6.07, 6.45) is 4.93. The maximum Gasteiger partial charge on any atom is 0.370 e. The zero-order chi connectivity index (χ0) is 104. The Kier molecular flexibility index (Phi) is 76.8. The maximum atomic E-state index is 11.8. The van der Waals surface area contributed by atoms with Gasteiger partial charge in [-0.05, 0) is 158 Å². The second-order valence-corrected chi connectivity index (χ2v) is 33.1. The van der Waals surface area contributed by atoms with Crippen LogP contribution in [0.5, 0.6) is 0 Å². The van der Waals surface area contributed by atoms with Crippen LogP contribution in [-0.4, -0.2) is 290 Å². The molecule has 0 saturated heterocycles. The van der Waals surface area contributed by atoms with Gasteiger partial charge < -0.3 is 117 Å². The van der Waals surface area contributed by atoms with Crippen LogP contribution in [0.4, 0.5) is 28.8 Å². The molecule has 1 aromatic carbocycles. The van der Waals surface area contributed by atoms with Crippen molar-refractivity contribution in [2.75, 3.05) is 115 Å². The number of carbonyl (C=O) groups excluding carboxylic acids is 24. The number of thioether (sulfide) groups is 6. The molecule has 0 spiro atoms. The largest absolute Gasteiger partial charge is 0.464 e. The fourth-order valence-electron chi connectivity index (χ4n) is 8.54. The molecule has 0 aliphatic heterocycles. The van der Waals surface area contributed by atoms with Gasteiger partial charge in [0.25, 0.3) is 0 Å². The van der Waals surface area contributed by atoms with E-state index in [4.69, 9.17) is 56.8 Å². The Bertz CT molecular complexity index is 3960. The number of esters is 12. The topological polar surface area (TPSA) is 648 Å². The van der Waals surface area contributed by atoms with E-state index in [1.54, 1.807) is 113 Å². The van der Waals surface area contributed by atoms with E-state index in [1.165, 1.54) is 48.5 Å². The maximum absolute atomic E-state index is 11.8. The summed E-state index contributed by atoms with van der Waals surface area (Å²) in [5.41, 5.74) is -0.362. The summed E-state index contributed by atoms with van der Waals surface area (Å²) in [6.45, 7) is 26.4. The normalized spacial score (nSPS) is 12.2. The van der Waals surface area contributed by atoms with Gasteiger partial charge in [0.05, 0.1) is 62.5 Å². The minimum atomic E-state index is -0.970. The van der Waals surface area contributed by atoms with Crippen LogP contribution in [0.2, 0.25) is 0 Å². The Balaban J connectivity index is -0.000000770. The molecule has 0 unspecified atom stereocenters. The Morgan fingerprint density at radius 1 is 0.309 bits per heavy atom. The lowest BCUT2D eigenvalue weighted by Crippen LogP contribution is -2.42. The van der Waals surface area contributed by atoms with Gasteiger partial charge in [-0.1, -0.05) is 58.2 Å². The minimum Gasteiger partial charge on any atom is -0.464 e. The summed E-state index contributed by atoms with van der Waals surface area (Å²) in [7, 11) is 0. The second-order valence-electron chi connectivity index (χ2n) is 27.4. The van der Waals surface area contributed by atoms with Gasteiger partial charge in [0.1, 0.15) is 36.3 Å². The summed E-state index contributed by atoms with van der Waals surface area (Å²) in [4.78, 5) is 272. The van der Waals surface area contributed by atoms with E-state index in [2.05, 4.69) is 60.3 Å². The van der Waals surface area contributed by atoms with Gasteiger partial charge in [-0.3, -0.25) is 52.7 Å². The van der Waals surface area contributed by atoms with Crippen LogP contribution in [0.3, 0.4) is 0 Å². The molecule has 6 amide bonds. The van der Waals surface area contributed by atoms with Crippen molar-refractivity contribution in [2.24, 2.45) is 17.3 Å². The van der Waals surface area contributed by atoms with Crippen molar-refractivity contribution in [3.63, 3.8) is 0 Å². The van der Waals surface area contributed by atoms with Crippen LogP contribution in [0.1, 0.15) is 180 Å². The number of ether oxygens (including phenoxy) is 18. The lowest BCUT2D eigenvalue weighted by atomic mass is 9.89. The van der Waals surface area contributed by atoms with Crippen molar-refractivity contribution in [1.29, 1.82) is 0 Å². The van der Waals surface area contributed by atoms with E-state index in [0.717, 1.165) is 32.1 Å². The highest BCUT2D eigenvalue weighted by Crippen LogP contribution is 2.25. The van der Waals surface area contributed by atoms with E-state index in [1.807, 2.05) is 0 Å². The Morgan fingerprint density at radius 2 is 0.559 bits per heavy atom. The van der Waals surface area contributed by atoms with Crippen LogP contribution < -0.4 is 31.9 Å². The van der Waals surface area contributed by atoms with Gasteiger partial charge in [0.15, 0.2) is 0 Å². The monoisotopic (exact) mass is 2060 g/mol. The van der Waals surface area contributed by atoms with Gasteiger partial charge in [0, 0.05) is 89.4 Å². The Labute approximate surface area is 811 Å². The van der Waals surface area contributed by atoms with E-state index >= 15 is 0 Å². The summed E-state index contributed by atoms with van der Waals surface area (Å²) >= 11 is 4.04. The first-order valence-electron chi connectivity index (χ1n) is 41.4. The third-order valence-corrected chi connectivity index (χ3v) is 19.7. The molecule has 136 heavy (non-hydrogen) atoms. The van der Waals surface area contributed by atoms with Crippen LogP contribution in [-0.2, 0) is 167 Å². The van der Waals surface area contributed by atoms with Gasteiger partial charge >= 0.3 is 103 Å². The number of hydrogen-bond acceptors (Lipinski definition) is 48. The van der Waals surface area contributed by atoms with Crippen LogP contribution >= 0.6 is 70.6 Å². The van der Waals surface area contributed by atoms with Crippen molar-refractivity contribution in [3.8, 4) is 0 Å². The SMILES string of the molecule is CCOC(=O)[C@H](CSC(=O)OCOC(=O)C(C)(C)C)NC(C)=O.CCOC(=O)[C@H](CSC(=O)OCOC(=O)C(C)C)NC(C)=O.CCOC(=O)[C@H](CSC(=O)OCOC(=O)C1CCCCC1)NC(C)=O.CCOC(=O)[C@H](CSC(=O)OCOC(=O)CC)NC(C)=O.CCOC(=O)[C@H](CSC(=O)OCOC(=O)c1ccccc1)NC(C)=O.CCOC(=O)[C@H](CSC(=O)OCOC(C)=O)NC(C)=O.